The van der Waals surface area contributed by atoms with E-state index < -0.39 is 0 Å². The maximum atomic E-state index is 13.6. The van der Waals surface area contributed by atoms with Crippen molar-refractivity contribution in [1.82, 2.24) is 14.8 Å². The summed E-state index contributed by atoms with van der Waals surface area (Å²) in [5.41, 5.74) is 5.11. The highest BCUT2D eigenvalue weighted by Gasteiger charge is 2.39. The van der Waals surface area contributed by atoms with E-state index in [1.165, 1.54) is 11.3 Å². The minimum absolute atomic E-state index is 0.0884. The summed E-state index contributed by atoms with van der Waals surface area (Å²) in [6.07, 6.45) is 9.83. The van der Waals surface area contributed by atoms with Crippen LogP contribution in [0.25, 0.3) is 0 Å². The van der Waals surface area contributed by atoms with E-state index in [1.807, 2.05) is 29.4 Å². The van der Waals surface area contributed by atoms with E-state index in [0.29, 0.717) is 26.7 Å². The second kappa shape index (κ2) is 11.5. The first kappa shape index (κ1) is 27.9. The first-order chi connectivity index (χ1) is 19.8. The number of carbonyl (C=O) groups excluding carboxylic acids is 2. The number of nitrogens with one attached hydrogen (secondary N) is 1. The first-order valence-corrected chi connectivity index (χ1v) is 15.1. The molecule has 3 amide bonds. The second-order valence-corrected chi connectivity index (χ2v) is 12.4. The molecule has 2 aliphatic heterocycles. The number of rotatable bonds is 4. The minimum Gasteiger partial charge on any atom is -0.371 e. The standard InChI is InChI=1S/C32H35Cl2N5O2/c1-37(31(41)36-24-5-6-27(33)28(34)21-24)29-7-4-22-2-3-23(20-26(22)29)30(40)39-18-12-32(13-19-39)10-16-38(17-11-32)25-8-14-35-15-9-25/h2-3,5-6,8-9,14-15,20-21,29H,4,7,10-13,16-19H2,1H3,(H,36,41). The number of anilines is 2. The van der Waals surface area contributed by atoms with E-state index in [2.05, 4.69) is 33.4 Å². The van der Waals surface area contributed by atoms with Gasteiger partial charge in [0.1, 0.15) is 0 Å². The van der Waals surface area contributed by atoms with Crippen LogP contribution in [0.4, 0.5) is 16.2 Å². The topological polar surface area (TPSA) is 68.8 Å². The number of fused-ring (bicyclic) bond motifs is 1. The minimum atomic E-state index is -0.228. The highest BCUT2D eigenvalue weighted by atomic mass is 35.5. The monoisotopic (exact) mass is 591 g/mol. The lowest BCUT2D eigenvalue weighted by Crippen LogP contribution is -2.48. The summed E-state index contributed by atoms with van der Waals surface area (Å²) < 4.78 is 0. The number of amides is 3. The third-order valence-electron chi connectivity index (χ3n) is 9.36. The fourth-order valence-electron chi connectivity index (χ4n) is 6.70. The summed E-state index contributed by atoms with van der Waals surface area (Å²) in [7, 11) is 1.80. The number of likely N-dealkylation sites (tertiary alicyclic amines) is 1. The predicted molar refractivity (Wildman–Crippen MR) is 164 cm³/mol. The van der Waals surface area contributed by atoms with Crippen LogP contribution in [0, 0.1) is 5.41 Å². The number of benzene rings is 2. The number of halogens is 2. The van der Waals surface area contributed by atoms with E-state index in [0.717, 1.165) is 70.3 Å². The molecule has 0 radical (unpaired) electrons. The third-order valence-corrected chi connectivity index (χ3v) is 10.1. The van der Waals surface area contributed by atoms with Crippen LogP contribution >= 0.6 is 23.2 Å². The van der Waals surface area contributed by atoms with Crippen molar-refractivity contribution in [3.05, 3.63) is 87.7 Å². The highest BCUT2D eigenvalue weighted by Crippen LogP contribution is 2.43. The number of piperidine rings is 2. The third kappa shape index (κ3) is 5.75. The Morgan fingerprint density at radius 2 is 1.63 bits per heavy atom. The van der Waals surface area contributed by atoms with Crippen LogP contribution in [0.15, 0.2) is 60.9 Å². The van der Waals surface area contributed by atoms with Gasteiger partial charge in [0.2, 0.25) is 0 Å². The predicted octanol–water partition coefficient (Wildman–Crippen LogP) is 7.06. The van der Waals surface area contributed by atoms with Crippen LogP contribution in [0.1, 0.15) is 59.6 Å². The fraction of sp³-hybridized carbons (Fsp3) is 0.406. The molecule has 214 valence electrons. The summed E-state index contributed by atoms with van der Waals surface area (Å²) in [6, 6.07) is 14.9. The van der Waals surface area contributed by atoms with Crippen molar-refractivity contribution in [1.29, 1.82) is 0 Å². The lowest BCUT2D eigenvalue weighted by Gasteiger charge is -2.47. The molecule has 0 saturated carbocycles. The quantitative estimate of drug-likeness (QED) is 0.352. The summed E-state index contributed by atoms with van der Waals surface area (Å²) >= 11 is 12.1. The van der Waals surface area contributed by atoms with Crippen molar-refractivity contribution in [2.24, 2.45) is 5.41 Å². The lowest BCUT2D eigenvalue weighted by molar-refractivity contribution is 0.0515. The van der Waals surface area contributed by atoms with Crippen molar-refractivity contribution in [3.8, 4) is 0 Å². The van der Waals surface area contributed by atoms with Gasteiger partial charge in [0.05, 0.1) is 16.1 Å². The Kier molecular flexibility index (Phi) is 7.84. The largest absolute Gasteiger partial charge is 0.371 e. The van der Waals surface area contributed by atoms with Gasteiger partial charge < -0.3 is 20.0 Å². The van der Waals surface area contributed by atoms with Gasteiger partial charge in [0.25, 0.3) is 5.91 Å². The van der Waals surface area contributed by atoms with Crippen molar-refractivity contribution in [2.45, 2.75) is 44.6 Å². The molecule has 3 aliphatic rings. The Hall–Kier alpha value is -3.29. The molecule has 7 nitrogen and oxygen atoms in total. The normalized spacial score (nSPS) is 19.6. The molecule has 2 fully saturated rings. The molecule has 2 aromatic carbocycles. The van der Waals surface area contributed by atoms with Crippen molar-refractivity contribution in [3.63, 3.8) is 0 Å². The Bertz CT molecular complexity index is 1430. The maximum absolute atomic E-state index is 13.6. The smallest absolute Gasteiger partial charge is 0.322 e. The molecule has 0 bridgehead atoms. The summed E-state index contributed by atoms with van der Waals surface area (Å²) in [6.45, 7) is 3.69. The number of urea groups is 1. The number of pyridine rings is 1. The van der Waals surface area contributed by atoms with Crippen LogP contribution in [0.5, 0.6) is 0 Å². The molecule has 9 heteroatoms. The highest BCUT2D eigenvalue weighted by molar-refractivity contribution is 6.42. The van der Waals surface area contributed by atoms with Gasteiger partial charge in [-0.1, -0.05) is 29.3 Å². The van der Waals surface area contributed by atoms with Gasteiger partial charge in [-0.2, -0.15) is 0 Å². The molecule has 1 aliphatic carbocycles. The van der Waals surface area contributed by atoms with Crippen LogP contribution in [-0.2, 0) is 6.42 Å². The molecule has 1 aromatic heterocycles. The van der Waals surface area contributed by atoms with Gasteiger partial charge in [-0.25, -0.2) is 4.79 Å². The number of hydrogen-bond donors (Lipinski definition) is 1. The van der Waals surface area contributed by atoms with Crippen LogP contribution < -0.4 is 10.2 Å². The Balaban J connectivity index is 1.07. The average Bonchev–Trinajstić information content (AvgIpc) is 3.43. The molecular weight excluding hydrogens is 557 g/mol. The SMILES string of the molecule is CN(C(=O)Nc1ccc(Cl)c(Cl)c1)C1CCc2ccc(C(=O)N3CCC4(CC3)CCN(c3ccncc3)CC4)cc21. The molecular formula is C32H35Cl2N5O2. The van der Waals surface area contributed by atoms with Crippen LogP contribution in [-0.4, -0.2) is 59.9 Å². The number of nitrogens with zero attached hydrogens (tertiary/aromatic N) is 4. The van der Waals surface area contributed by atoms with E-state index in [1.54, 1.807) is 30.1 Å². The summed E-state index contributed by atoms with van der Waals surface area (Å²) in [5.74, 6) is 0.0884. The van der Waals surface area contributed by atoms with E-state index in [9.17, 15) is 9.59 Å². The summed E-state index contributed by atoms with van der Waals surface area (Å²) in [4.78, 5) is 37.0. The molecule has 1 N–H and O–H groups in total. The van der Waals surface area contributed by atoms with Gasteiger partial charge >= 0.3 is 6.03 Å². The maximum Gasteiger partial charge on any atom is 0.322 e. The number of hydrogen-bond acceptors (Lipinski definition) is 4. The number of carbonyl (C=O) groups is 2. The number of aryl methyl sites for hydroxylation is 1. The Labute approximate surface area is 251 Å². The van der Waals surface area contributed by atoms with Gasteiger partial charge in [0, 0.05) is 62.6 Å². The van der Waals surface area contributed by atoms with Crippen molar-refractivity contribution in [2.75, 3.05) is 43.4 Å². The van der Waals surface area contributed by atoms with E-state index in [-0.39, 0.29) is 18.0 Å². The molecule has 1 atom stereocenters. The van der Waals surface area contributed by atoms with Gasteiger partial charge in [0.15, 0.2) is 0 Å². The zero-order valence-corrected chi connectivity index (χ0v) is 24.8. The number of aromatic nitrogens is 1. The Morgan fingerprint density at radius 3 is 2.34 bits per heavy atom. The van der Waals surface area contributed by atoms with Crippen molar-refractivity contribution >= 4 is 46.5 Å². The molecule has 3 aromatic rings. The van der Waals surface area contributed by atoms with Crippen molar-refractivity contribution < 1.29 is 9.59 Å². The molecule has 3 heterocycles. The van der Waals surface area contributed by atoms with E-state index >= 15 is 0 Å². The molecule has 1 unspecified atom stereocenters. The van der Waals surface area contributed by atoms with Gasteiger partial charge in [-0.3, -0.25) is 9.78 Å². The van der Waals surface area contributed by atoms with Crippen LogP contribution in [0.2, 0.25) is 10.0 Å². The summed E-state index contributed by atoms with van der Waals surface area (Å²) in [5, 5.41) is 3.74. The second-order valence-electron chi connectivity index (χ2n) is 11.6. The zero-order chi connectivity index (χ0) is 28.6. The fourth-order valence-corrected chi connectivity index (χ4v) is 7.00. The van der Waals surface area contributed by atoms with Gasteiger partial charge in [-0.05, 0) is 97.5 Å². The Morgan fingerprint density at radius 1 is 0.927 bits per heavy atom. The average molecular weight is 593 g/mol. The first-order valence-electron chi connectivity index (χ1n) is 14.4. The molecule has 1 spiro atoms. The zero-order valence-electron chi connectivity index (χ0n) is 23.3. The molecule has 41 heavy (non-hydrogen) atoms. The molecule has 6 rings (SSSR count). The van der Waals surface area contributed by atoms with Crippen LogP contribution in [0.3, 0.4) is 0 Å². The van der Waals surface area contributed by atoms with Gasteiger partial charge in [-0.15, -0.1) is 0 Å². The lowest BCUT2D eigenvalue weighted by atomic mass is 9.71. The van der Waals surface area contributed by atoms with E-state index in [4.69, 9.17) is 23.2 Å². The molecule has 2 saturated heterocycles.